The number of carbonyl (C=O) groups is 3. The van der Waals surface area contributed by atoms with Crippen LogP contribution in [0.1, 0.15) is 49.1 Å². The van der Waals surface area contributed by atoms with E-state index in [-0.39, 0.29) is 24.4 Å². The van der Waals surface area contributed by atoms with Gasteiger partial charge in [0, 0.05) is 11.4 Å². The highest BCUT2D eigenvalue weighted by Crippen LogP contribution is 2.36. The van der Waals surface area contributed by atoms with Crippen LogP contribution in [0.5, 0.6) is 0 Å². The van der Waals surface area contributed by atoms with Crippen LogP contribution in [0.25, 0.3) is 0 Å². The van der Waals surface area contributed by atoms with Crippen molar-refractivity contribution in [3.63, 3.8) is 0 Å². The van der Waals surface area contributed by atoms with Crippen molar-refractivity contribution < 1.29 is 14.4 Å². The number of amides is 4. The molecule has 3 heterocycles. The number of carbonyl (C=O) groups excluding carboxylic acids is 3. The number of benzene rings is 1. The average Bonchev–Trinajstić information content (AvgIpc) is 3.46. The van der Waals surface area contributed by atoms with Crippen molar-refractivity contribution in [1.29, 1.82) is 0 Å². The Balaban J connectivity index is 1.55. The maximum Gasteiger partial charge on any atom is 0.325 e. The molecule has 4 rings (SSSR count). The number of urea groups is 1. The van der Waals surface area contributed by atoms with E-state index in [0.29, 0.717) is 13.0 Å². The van der Waals surface area contributed by atoms with Gasteiger partial charge in [-0.2, -0.15) is 0 Å². The number of likely N-dealkylation sites (tertiary alicyclic amines) is 1. The fourth-order valence-corrected chi connectivity index (χ4v) is 5.32. The molecule has 152 valence electrons. The van der Waals surface area contributed by atoms with Gasteiger partial charge < -0.3 is 10.2 Å². The standard InChI is InChI=1S/C22H25N3O3S/c1-2-12-22(16-8-4-3-5-9-16)20(27)25(21(28)23-22)15-19(26)24-13-6-10-17(24)18-11-7-14-29-18/h3-5,7-9,11,14,17H,2,6,10,12-13,15H2,1H3,(H,23,28). The van der Waals surface area contributed by atoms with Gasteiger partial charge in [-0.25, -0.2) is 4.79 Å². The zero-order valence-corrected chi connectivity index (χ0v) is 17.3. The number of imide groups is 1. The van der Waals surface area contributed by atoms with Gasteiger partial charge in [-0.1, -0.05) is 49.7 Å². The molecule has 2 aromatic rings. The Morgan fingerprint density at radius 1 is 1.21 bits per heavy atom. The van der Waals surface area contributed by atoms with Crippen LogP contribution in [0.4, 0.5) is 4.79 Å². The zero-order chi connectivity index (χ0) is 20.4. The molecule has 0 aliphatic carbocycles. The lowest BCUT2D eigenvalue weighted by molar-refractivity contribution is -0.139. The molecule has 0 saturated carbocycles. The Bertz CT molecular complexity index is 899. The Morgan fingerprint density at radius 2 is 2.00 bits per heavy atom. The van der Waals surface area contributed by atoms with E-state index in [1.54, 1.807) is 11.3 Å². The predicted octanol–water partition coefficient (Wildman–Crippen LogP) is 3.66. The summed E-state index contributed by atoms with van der Waals surface area (Å²) >= 11 is 1.64. The first kappa shape index (κ1) is 19.6. The molecule has 2 atom stereocenters. The second-order valence-corrected chi connectivity index (χ2v) is 8.58. The fraction of sp³-hybridized carbons (Fsp3) is 0.409. The molecule has 29 heavy (non-hydrogen) atoms. The molecule has 2 fully saturated rings. The van der Waals surface area contributed by atoms with Crippen LogP contribution in [0.3, 0.4) is 0 Å². The highest BCUT2D eigenvalue weighted by atomic mass is 32.1. The molecule has 0 radical (unpaired) electrons. The first-order valence-corrected chi connectivity index (χ1v) is 11.0. The lowest BCUT2D eigenvalue weighted by atomic mass is 9.85. The van der Waals surface area contributed by atoms with Gasteiger partial charge in [-0.15, -0.1) is 11.3 Å². The van der Waals surface area contributed by atoms with E-state index in [1.165, 1.54) is 0 Å². The molecule has 0 bridgehead atoms. The summed E-state index contributed by atoms with van der Waals surface area (Å²) in [6.45, 7) is 2.42. The number of hydrogen-bond acceptors (Lipinski definition) is 4. The molecule has 7 heteroatoms. The molecular weight excluding hydrogens is 386 g/mol. The van der Waals surface area contributed by atoms with Gasteiger partial charge in [-0.05, 0) is 36.3 Å². The van der Waals surface area contributed by atoms with Crippen LogP contribution < -0.4 is 5.32 Å². The molecule has 2 saturated heterocycles. The smallest absolute Gasteiger partial charge is 0.325 e. The minimum absolute atomic E-state index is 0.0396. The van der Waals surface area contributed by atoms with Crippen molar-refractivity contribution in [3.05, 3.63) is 58.3 Å². The van der Waals surface area contributed by atoms with E-state index in [2.05, 4.69) is 5.32 Å². The second kappa shape index (κ2) is 7.99. The number of nitrogens with one attached hydrogen (secondary N) is 1. The number of rotatable bonds is 6. The molecule has 1 N–H and O–H groups in total. The lowest BCUT2D eigenvalue weighted by Gasteiger charge is -2.28. The van der Waals surface area contributed by atoms with E-state index in [1.807, 2.05) is 59.7 Å². The Morgan fingerprint density at radius 3 is 2.69 bits per heavy atom. The van der Waals surface area contributed by atoms with Crippen molar-refractivity contribution in [2.45, 2.75) is 44.2 Å². The second-order valence-electron chi connectivity index (χ2n) is 7.60. The zero-order valence-electron chi connectivity index (χ0n) is 16.5. The molecule has 4 amide bonds. The van der Waals surface area contributed by atoms with Crippen LogP contribution in [-0.4, -0.2) is 40.7 Å². The summed E-state index contributed by atoms with van der Waals surface area (Å²) in [5.41, 5.74) is -0.335. The number of hydrogen-bond donors (Lipinski definition) is 1. The van der Waals surface area contributed by atoms with Gasteiger partial charge in [0.15, 0.2) is 0 Å². The molecule has 0 spiro atoms. The first-order chi connectivity index (χ1) is 14.1. The Hall–Kier alpha value is -2.67. The molecule has 2 aliphatic rings. The topological polar surface area (TPSA) is 69.7 Å². The minimum atomic E-state index is -1.09. The van der Waals surface area contributed by atoms with Crippen molar-refractivity contribution >= 4 is 29.2 Å². The third kappa shape index (κ3) is 3.44. The third-order valence-electron chi connectivity index (χ3n) is 5.81. The molecule has 1 aromatic carbocycles. The van der Waals surface area contributed by atoms with Gasteiger partial charge >= 0.3 is 6.03 Å². The van der Waals surface area contributed by atoms with Gasteiger partial charge in [0.25, 0.3) is 5.91 Å². The third-order valence-corrected chi connectivity index (χ3v) is 6.78. The Kier molecular flexibility index (Phi) is 5.41. The van der Waals surface area contributed by atoms with E-state index >= 15 is 0 Å². The monoisotopic (exact) mass is 411 g/mol. The van der Waals surface area contributed by atoms with Crippen molar-refractivity contribution in [3.8, 4) is 0 Å². The Labute approximate surface area is 174 Å². The summed E-state index contributed by atoms with van der Waals surface area (Å²) in [6.07, 6.45) is 3.07. The van der Waals surface area contributed by atoms with Gasteiger partial charge in [0.2, 0.25) is 5.91 Å². The van der Waals surface area contributed by atoms with Crippen LogP contribution >= 0.6 is 11.3 Å². The van der Waals surface area contributed by atoms with Crippen LogP contribution in [0.15, 0.2) is 47.8 Å². The summed E-state index contributed by atoms with van der Waals surface area (Å²) in [5, 5.41) is 4.89. The highest BCUT2D eigenvalue weighted by molar-refractivity contribution is 7.10. The van der Waals surface area contributed by atoms with Crippen LogP contribution in [0, 0.1) is 0 Å². The fourth-order valence-electron chi connectivity index (χ4n) is 4.44. The summed E-state index contributed by atoms with van der Waals surface area (Å²) < 4.78 is 0. The normalized spacial score (nSPS) is 24.2. The van der Waals surface area contributed by atoms with Gasteiger partial charge in [-0.3, -0.25) is 14.5 Å². The minimum Gasteiger partial charge on any atom is -0.333 e. The lowest BCUT2D eigenvalue weighted by Crippen LogP contribution is -2.45. The maximum atomic E-state index is 13.4. The summed E-state index contributed by atoms with van der Waals surface area (Å²) in [4.78, 5) is 43.2. The quantitative estimate of drug-likeness (QED) is 0.738. The highest BCUT2D eigenvalue weighted by Gasteiger charge is 2.52. The van der Waals surface area contributed by atoms with Crippen LogP contribution in [-0.2, 0) is 15.1 Å². The first-order valence-electron chi connectivity index (χ1n) is 10.1. The van der Waals surface area contributed by atoms with Gasteiger partial charge in [0.05, 0.1) is 6.04 Å². The largest absolute Gasteiger partial charge is 0.333 e. The van der Waals surface area contributed by atoms with E-state index in [9.17, 15) is 14.4 Å². The van der Waals surface area contributed by atoms with Crippen molar-refractivity contribution in [2.75, 3.05) is 13.1 Å². The number of nitrogens with zero attached hydrogens (tertiary/aromatic N) is 2. The summed E-state index contributed by atoms with van der Waals surface area (Å²) in [5.74, 6) is -0.513. The molecule has 2 aliphatic heterocycles. The van der Waals surface area contributed by atoms with Crippen LogP contribution in [0.2, 0.25) is 0 Å². The summed E-state index contributed by atoms with van der Waals surface area (Å²) in [6, 6.07) is 12.9. The SMILES string of the molecule is CCCC1(c2ccccc2)NC(=O)N(CC(=O)N2CCCC2c2cccs2)C1=O. The average molecular weight is 412 g/mol. The molecule has 6 nitrogen and oxygen atoms in total. The van der Waals surface area contributed by atoms with E-state index in [0.717, 1.165) is 34.6 Å². The predicted molar refractivity (Wildman–Crippen MR) is 111 cm³/mol. The summed E-state index contributed by atoms with van der Waals surface area (Å²) in [7, 11) is 0. The van der Waals surface area contributed by atoms with Crippen molar-refractivity contribution in [1.82, 2.24) is 15.1 Å². The van der Waals surface area contributed by atoms with E-state index in [4.69, 9.17) is 0 Å². The van der Waals surface area contributed by atoms with E-state index < -0.39 is 11.6 Å². The number of thiophene rings is 1. The molecule has 1 aromatic heterocycles. The molecular formula is C22H25N3O3S. The maximum absolute atomic E-state index is 13.4. The molecule has 2 unspecified atom stereocenters. The van der Waals surface area contributed by atoms with Crippen molar-refractivity contribution in [2.24, 2.45) is 0 Å². The van der Waals surface area contributed by atoms with Gasteiger partial charge in [0.1, 0.15) is 12.1 Å².